The van der Waals surface area contributed by atoms with Crippen LogP contribution in [0.25, 0.3) is 22.2 Å². The smallest absolute Gasteiger partial charge is 0.254 e. The zero-order valence-corrected chi connectivity index (χ0v) is 16.3. The summed E-state index contributed by atoms with van der Waals surface area (Å²) in [5.41, 5.74) is 2.67. The predicted molar refractivity (Wildman–Crippen MR) is 109 cm³/mol. The molecule has 30 heavy (non-hydrogen) atoms. The third-order valence-electron chi connectivity index (χ3n) is 6.60. The van der Waals surface area contributed by atoms with E-state index in [9.17, 15) is 9.59 Å². The molecule has 2 amide bonds. The number of hydrogen-bond acceptors (Lipinski definition) is 5. The van der Waals surface area contributed by atoms with Crippen molar-refractivity contribution in [3.63, 3.8) is 0 Å². The van der Waals surface area contributed by atoms with Crippen LogP contribution >= 0.6 is 0 Å². The molecule has 0 radical (unpaired) electrons. The molecule has 150 valence electrons. The molecule has 5 heterocycles. The minimum absolute atomic E-state index is 0.0545. The highest BCUT2D eigenvalue weighted by Crippen LogP contribution is 2.46. The Bertz CT molecular complexity index is 1170. The lowest BCUT2D eigenvalue weighted by Gasteiger charge is -2.31. The number of rotatable bonds is 2. The van der Waals surface area contributed by atoms with Gasteiger partial charge in [0.05, 0.1) is 30.3 Å². The largest absolute Gasteiger partial charge is 0.351 e. The SMILES string of the molecule is O=C(c1ccc(-c2nccc3ncccc23)cc1)N1CC[C@@]23OCCN2C(=O)C[C@@H]13. The Morgan fingerprint density at radius 2 is 1.93 bits per heavy atom. The number of fused-ring (bicyclic) bond motifs is 1. The number of carbonyl (C=O) groups excluding carboxylic acids is 2. The van der Waals surface area contributed by atoms with Gasteiger partial charge in [-0.2, -0.15) is 0 Å². The maximum Gasteiger partial charge on any atom is 0.254 e. The zero-order chi connectivity index (χ0) is 20.3. The van der Waals surface area contributed by atoms with Crippen molar-refractivity contribution in [1.82, 2.24) is 19.8 Å². The first-order valence-electron chi connectivity index (χ1n) is 10.2. The van der Waals surface area contributed by atoms with Gasteiger partial charge >= 0.3 is 0 Å². The fourth-order valence-corrected chi connectivity index (χ4v) is 5.20. The summed E-state index contributed by atoms with van der Waals surface area (Å²) < 4.78 is 5.99. The van der Waals surface area contributed by atoms with Crippen molar-refractivity contribution in [3.05, 3.63) is 60.4 Å². The van der Waals surface area contributed by atoms with Crippen molar-refractivity contribution in [2.75, 3.05) is 19.7 Å². The van der Waals surface area contributed by atoms with E-state index >= 15 is 0 Å². The van der Waals surface area contributed by atoms with Gasteiger partial charge in [0.15, 0.2) is 5.72 Å². The summed E-state index contributed by atoms with van der Waals surface area (Å²) in [4.78, 5) is 38.2. The van der Waals surface area contributed by atoms with Crippen LogP contribution in [0, 0.1) is 0 Å². The monoisotopic (exact) mass is 400 g/mol. The molecule has 0 bridgehead atoms. The molecule has 3 fully saturated rings. The Labute approximate surface area is 173 Å². The van der Waals surface area contributed by atoms with Crippen molar-refractivity contribution in [2.24, 2.45) is 0 Å². The van der Waals surface area contributed by atoms with Crippen LogP contribution in [0.5, 0.6) is 0 Å². The number of pyridine rings is 2. The molecule has 0 aliphatic carbocycles. The number of nitrogens with zero attached hydrogens (tertiary/aromatic N) is 4. The second-order valence-electron chi connectivity index (χ2n) is 8.01. The third kappa shape index (κ3) is 2.35. The maximum atomic E-state index is 13.3. The molecule has 3 saturated heterocycles. The Hall–Kier alpha value is -3.32. The van der Waals surface area contributed by atoms with Gasteiger partial charge in [-0.15, -0.1) is 0 Å². The van der Waals surface area contributed by atoms with Crippen LogP contribution in [0.15, 0.2) is 54.9 Å². The van der Waals surface area contributed by atoms with Gasteiger partial charge in [0, 0.05) is 48.4 Å². The summed E-state index contributed by atoms with van der Waals surface area (Å²) in [7, 11) is 0. The van der Waals surface area contributed by atoms with Gasteiger partial charge in [-0.05, 0) is 30.3 Å². The van der Waals surface area contributed by atoms with E-state index in [1.165, 1.54) is 0 Å². The molecule has 2 aromatic heterocycles. The zero-order valence-electron chi connectivity index (χ0n) is 16.3. The van der Waals surface area contributed by atoms with Crippen LogP contribution in [-0.4, -0.2) is 63.0 Å². The first kappa shape index (κ1) is 17.5. The Kier molecular flexibility index (Phi) is 3.70. The van der Waals surface area contributed by atoms with E-state index < -0.39 is 5.72 Å². The fraction of sp³-hybridized carbons (Fsp3) is 0.304. The molecular weight excluding hydrogens is 380 g/mol. The number of ether oxygens (including phenoxy) is 1. The fourth-order valence-electron chi connectivity index (χ4n) is 5.20. The lowest BCUT2D eigenvalue weighted by atomic mass is 10.0. The Morgan fingerprint density at radius 1 is 1.07 bits per heavy atom. The molecule has 0 unspecified atom stereocenters. The number of likely N-dealkylation sites (tertiary alicyclic amines) is 1. The van der Waals surface area contributed by atoms with Crippen molar-refractivity contribution >= 4 is 22.7 Å². The highest BCUT2D eigenvalue weighted by molar-refractivity contribution is 5.97. The summed E-state index contributed by atoms with van der Waals surface area (Å²) in [5.74, 6) is 0.0297. The summed E-state index contributed by atoms with van der Waals surface area (Å²) in [6.07, 6.45) is 4.54. The summed E-state index contributed by atoms with van der Waals surface area (Å²) in [6.45, 7) is 1.77. The van der Waals surface area contributed by atoms with Crippen LogP contribution in [0.3, 0.4) is 0 Å². The summed E-state index contributed by atoms with van der Waals surface area (Å²) in [5, 5.41) is 0.975. The van der Waals surface area contributed by atoms with Gasteiger partial charge < -0.3 is 14.5 Å². The first-order valence-corrected chi connectivity index (χ1v) is 10.2. The summed E-state index contributed by atoms with van der Waals surface area (Å²) >= 11 is 0. The molecule has 0 saturated carbocycles. The average molecular weight is 400 g/mol. The standard InChI is InChI=1S/C23H20N4O3/c28-20-14-19-23(27(20)12-13-30-23)8-11-26(19)22(29)16-5-3-15(4-6-16)21-17-2-1-9-24-18(17)7-10-25-21/h1-7,9-10,19H,8,11-14H2/t19-,23+/m1/s1. The van der Waals surface area contributed by atoms with Crippen molar-refractivity contribution in [1.29, 1.82) is 0 Å². The highest BCUT2D eigenvalue weighted by atomic mass is 16.5. The molecular formula is C23H20N4O3. The molecule has 3 aromatic rings. The molecule has 6 rings (SSSR count). The third-order valence-corrected chi connectivity index (χ3v) is 6.60. The topological polar surface area (TPSA) is 75.6 Å². The lowest BCUT2D eigenvalue weighted by molar-refractivity contribution is -0.136. The molecule has 3 aliphatic rings. The van der Waals surface area contributed by atoms with E-state index in [-0.39, 0.29) is 17.9 Å². The van der Waals surface area contributed by atoms with E-state index in [2.05, 4.69) is 9.97 Å². The molecule has 1 aromatic carbocycles. The average Bonchev–Trinajstić information content (AvgIpc) is 3.44. The van der Waals surface area contributed by atoms with Crippen LogP contribution in [0.4, 0.5) is 0 Å². The minimum Gasteiger partial charge on any atom is -0.351 e. The van der Waals surface area contributed by atoms with Gasteiger partial charge in [-0.1, -0.05) is 12.1 Å². The first-order chi connectivity index (χ1) is 14.7. The number of aromatic nitrogens is 2. The maximum absolute atomic E-state index is 13.3. The Balaban J connectivity index is 1.30. The predicted octanol–water partition coefficient (Wildman–Crippen LogP) is 2.47. The van der Waals surface area contributed by atoms with E-state index in [1.807, 2.05) is 52.3 Å². The Morgan fingerprint density at radius 3 is 2.80 bits per heavy atom. The van der Waals surface area contributed by atoms with E-state index in [0.717, 1.165) is 22.2 Å². The molecule has 7 nitrogen and oxygen atoms in total. The van der Waals surface area contributed by atoms with E-state index in [4.69, 9.17) is 4.74 Å². The summed E-state index contributed by atoms with van der Waals surface area (Å²) in [6, 6.07) is 13.1. The van der Waals surface area contributed by atoms with Crippen LogP contribution < -0.4 is 0 Å². The molecule has 0 N–H and O–H groups in total. The van der Waals surface area contributed by atoms with Crippen LogP contribution in [0.1, 0.15) is 23.2 Å². The van der Waals surface area contributed by atoms with Gasteiger partial charge in [0.25, 0.3) is 5.91 Å². The van der Waals surface area contributed by atoms with Gasteiger partial charge in [-0.25, -0.2) is 0 Å². The van der Waals surface area contributed by atoms with Crippen LogP contribution in [0.2, 0.25) is 0 Å². The minimum atomic E-state index is -0.605. The number of hydrogen-bond donors (Lipinski definition) is 0. The van der Waals surface area contributed by atoms with Gasteiger partial charge in [0.2, 0.25) is 5.91 Å². The second-order valence-corrected chi connectivity index (χ2v) is 8.01. The highest BCUT2D eigenvalue weighted by Gasteiger charge is 2.62. The number of benzene rings is 1. The van der Waals surface area contributed by atoms with Crippen molar-refractivity contribution in [2.45, 2.75) is 24.6 Å². The van der Waals surface area contributed by atoms with E-state index in [0.29, 0.717) is 38.1 Å². The molecule has 2 atom stereocenters. The lowest BCUT2D eigenvalue weighted by Crippen LogP contribution is -2.48. The van der Waals surface area contributed by atoms with Crippen molar-refractivity contribution < 1.29 is 14.3 Å². The number of carbonyl (C=O) groups is 2. The van der Waals surface area contributed by atoms with Crippen LogP contribution in [-0.2, 0) is 9.53 Å². The molecule has 3 aliphatic heterocycles. The quantitative estimate of drug-likeness (QED) is 0.661. The second kappa shape index (κ2) is 6.34. The molecule has 1 spiro atoms. The normalized spacial score (nSPS) is 25.1. The van der Waals surface area contributed by atoms with Gasteiger partial charge in [0.1, 0.15) is 0 Å². The molecule has 7 heteroatoms. The van der Waals surface area contributed by atoms with E-state index in [1.54, 1.807) is 12.4 Å². The van der Waals surface area contributed by atoms with Crippen molar-refractivity contribution in [3.8, 4) is 11.3 Å². The number of amides is 2. The van der Waals surface area contributed by atoms with Gasteiger partial charge in [-0.3, -0.25) is 19.6 Å².